The zero-order valence-electron chi connectivity index (χ0n) is 12.0. The van der Waals surface area contributed by atoms with Gasteiger partial charge in [-0.05, 0) is 59.3 Å². The first-order valence-electron chi connectivity index (χ1n) is 6.77. The van der Waals surface area contributed by atoms with Crippen LogP contribution in [0.1, 0.15) is 26.2 Å². The number of carbonyl (C=O) groups is 1. The lowest BCUT2D eigenvalue weighted by atomic mass is 9.94. The van der Waals surface area contributed by atoms with E-state index in [1.165, 1.54) is 19.4 Å². The third-order valence-electron chi connectivity index (χ3n) is 3.84. The highest BCUT2D eigenvalue weighted by molar-refractivity contribution is 5.83. The Bertz CT molecular complexity index is 270. The zero-order chi connectivity index (χ0) is 13.8. The topological polar surface area (TPSA) is 75.6 Å². The van der Waals surface area contributed by atoms with Crippen LogP contribution in [0.3, 0.4) is 0 Å². The second-order valence-corrected chi connectivity index (χ2v) is 6.08. The van der Waals surface area contributed by atoms with Crippen molar-refractivity contribution in [1.29, 1.82) is 0 Å². The lowest BCUT2D eigenvalue weighted by molar-refractivity contribution is -0.122. The summed E-state index contributed by atoms with van der Waals surface area (Å²) in [4.78, 5) is 15.8. The van der Waals surface area contributed by atoms with Crippen molar-refractivity contribution in [2.75, 3.05) is 40.3 Å². The van der Waals surface area contributed by atoms with Gasteiger partial charge in [0.25, 0.3) is 0 Å². The molecule has 1 saturated heterocycles. The lowest BCUT2D eigenvalue weighted by Gasteiger charge is -2.34. The Morgan fingerprint density at radius 2 is 1.94 bits per heavy atom. The molecule has 1 unspecified atom stereocenters. The average molecular weight is 256 g/mol. The Morgan fingerprint density at radius 1 is 1.39 bits per heavy atom. The van der Waals surface area contributed by atoms with Crippen LogP contribution in [0.15, 0.2) is 0 Å². The Kier molecular flexibility index (Phi) is 5.56. The number of hydrogen-bond acceptors (Lipinski definition) is 4. The van der Waals surface area contributed by atoms with Gasteiger partial charge in [-0.15, -0.1) is 0 Å². The molecule has 1 atom stereocenters. The number of piperidine rings is 1. The monoisotopic (exact) mass is 256 g/mol. The molecule has 0 bridgehead atoms. The predicted octanol–water partition coefficient (Wildman–Crippen LogP) is -0.147. The van der Waals surface area contributed by atoms with E-state index in [9.17, 15) is 4.79 Å². The van der Waals surface area contributed by atoms with Gasteiger partial charge in [0.15, 0.2) is 0 Å². The molecule has 18 heavy (non-hydrogen) atoms. The number of hydrogen-bond donors (Lipinski definition) is 2. The van der Waals surface area contributed by atoms with E-state index in [2.05, 4.69) is 23.9 Å². The number of nitrogens with zero attached hydrogens (tertiary/aromatic N) is 2. The molecule has 0 spiro atoms. The molecule has 1 rings (SSSR count). The third-order valence-corrected chi connectivity index (χ3v) is 3.84. The van der Waals surface area contributed by atoms with E-state index >= 15 is 0 Å². The highest BCUT2D eigenvalue weighted by Crippen LogP contribution is 2.18. The number of carbonyl (C=O) groups excluding carboxylic acids is 1. The van der Waals surface area contributed by atoms with Crippen molar-refractivity contribution in [2.24, 2.45) is 17.4 Å². The highest BCUT2D eigenvalue weighted by atomic mass is 16.1. The minimum absolute atomic E-state index is 0.412. The summed E-state index contributed by atoms with van der Waals surface area (Å²) in [7, 11) is 4.25. The molecule has 1 aliphatic heterocycles. The van der Waals surface area contributed by atoms with Crippen LogP contribution in [0.4, 0.5) is 0 Å². The first-order valence-corrected chi connectivity index (χ1v) is 6.77. The van der Waals surface area contributed by atoms with E-state index < -0.39 is 11.4 Å². The van der Waals surface area contributed by atoms with Gasteiger partial charge in [-0.25, -0.2) is 0 Å². The van der Waals surface area contributed by atoms with Gasteiger partial charge in [0, 0.05) is 13.1 Å². The molecule has 4 N–H and O–H groups in total. The molecule has 1 amide bonds. The highest BCUT2D eigenvalue weighted by Gasteiger charge is 2.27. The summed E-state index contributed by atoms with van der Waals surface area (Å²) in [6.07, 6.45) is 3.10. The molecule has 1 fully saturated rings. The molecule has 0 aromatic carbocycles. The molecule has 1 heterocycles. The van der Waals surface area contributed by atoms with Crippen LogP contribution >= 0.6 is 0 Å². The number of amides is 1. The van der Waals surface area contributed by atoms with Gasteiger partial charge in [0.2, 0.25) is 5.91 Å². The molecule has 0 aromatic rings. The van der Waals surface area contributed by atoms with Crippen molar-refractivity contribution in [1.82, 2.24) is 9.80 Å². The summed E-state index contributed by atoms with van der Waals surface area (Å²) in [6, 6.07) is 0. The lowest BCUT2D eigenvalue weighted by Crippen LogP contribution is -2.51. The first-order chi connectivity index (χ1) is 8.31. The SMILES string of the molecule is CN(C)CC1CCN(CCC(C)(N)C(N)=O)CC1. The second-order valence-electron chi connectivity index (χ2n) is 6.08. The summed E-state index contributed by atoms with van der Waals surface area (Å²) in [5.74, 6) is 0.390. The van der Waals surface area contributed by atoms with Gasteiger partial charge in [-0.2, -0.15) is 0 Å². The quantitative estimate of drug-likeness (QED) is 0.693. The van der Waals surface area contributed by atoms with Crippen LogP contribution in [-0.2, 0) is 4.79 Å². The fourth-order valence-electron chi connectivity index (χ4n) is 2.42. The van der Waals surface area contributed by atoms with E-state index in [-0.39, 0.29) is 0 Å². The summed E-state index contributed by atoms with van der Waals surface area (Å²) in [6.45, 7) is 5.96. The molecule has 0 aliphatic carbocycles. The second kappa shape index (κ2) is 6.50. The van der Waals surface area contributed by atoms with Crippen molar-refractivity contribution in [3.63, 3.8) is 0 Å². The van der Waals surface area contributed by atoms with Crippen molar-refractivity contribution < 1.29 is 4.79 Å². The van der Waals surface area contributed by atoms with Crippen molar-refractivity contribution in [3.05, 3.63) is 0 Å². The van der Waals surface area contributed by atoms with E-state index in [1.54, 1.807) is 6.92 Å². The standard InChI is InChI=1S/C13H28N4O/c1-13(15,12(14)18)6-9-17-7-4-11(5-8-17)10-16(2)3/h11H,4-10,15H2,1-3H3,(H2,14,18). The van der Waals surface area contributed by atoms with Crippen LogP contribution in [0.25, 0.3) is 0 Å². The molecular formula is C13H28N4O. The van der Waals surface area contributed by atoms with Crippen LogP contribution < -0.4 is 11.5 Å². The smallest absolute Gasteiger partial charge is 0.237 e. The fraction of sp³-hybridized carbons (Fsp3) is 0.923. The maximum absolute atomic E-state index is 11.1. The van der Waals surface area contributed by atoms with Crippen molar-refractivity contribution in [3.8, 4) is 0 Å². The molecule has 1 aliphatic rings. The predicted molar refractivity (Wildman–Crippen MR) is 74.1 cm³/mol. The molecule has 5 nitrogen and oxygen atoms in total. The summed E-state index contributed by atoms with van der Waals surface area (Å²) in [5.41, 5.74) is 10.3. The molecule has 0 aromatic heterocycles. The Balaban J connectivity index is 2.26. The van der Waals surface area contributed by atoms with Gasteiger partial charge in [-0.1, -0.05) is 0 Å². The van der Waals surface area contributed by atoms with E-state index in [0.717, 1.165) is 25.6 Å². The van der Waals surface area contributed by atoms with E-state index in [1.807, 2.05) is 0 Å². The van der Waals surface area contributed by atoms with Crippen molar-refractivity contribution in [2.45, 2.75) is 31.7 Å². The fourth-order valence-corrected chi connectivity index (χ4v) is 2.42. The average Bonchev–Trinajstić information content (AvgIpc) is 2.27. The summed E-state index contributed by atoms with van der Waals surface area (Å²) >= 11 is 0. The summed E-state index contributed by atoms with van der Waals surface area (Å²) < 4.78 is 0. The molecule has 106 valence electrons. The Morgan fingerprint density at radius 3 is 2.39 bits per heavy atom. The maximum Gasteiger partial charge on any atom is 0.237 e. The van der Waals surface area contributed by atoms with Gasteiger partial charge >= 0.3 is 0 Å². The van der Waals surface area contributed by atoms with Crippen LogP contribution in [0, 0.1) is 5.92 Å². The molecular weight excluding hydrogens is 228 g/mol. The minimum Gasteiger partial charge on any atom is -0.368 e. The van der Waals surface area contributed by atoms with Crippen LogP contribution in [-0.4, -0.2) is 61.5 Å². The molecule has 0 radical (unpaired) electrons. The van der Waals surface area contributed by atoms with Crippen molar-refractivity contribution >= 4 is 5.91 Å². The maximum atomic E-state index is 11.1. The molecule has 5 heteroatoms. The van der Waals surface area contributed by atoms with Gasteiger partial charge in [0.1, 0.15) is 0 Å². The van der Waals surface area contributed by atoms with Gasteiger partial charge in [-0.3, -0.25) is 4.79 Å². The first kappa shape index (κ1) is 15.4. The Labute approximate surface area is 110 Å². The van der Waals surface area contributed by atoms with E-state index in [4.69, 9.17) is 11.5 Å². The zero-order valence-corrected chi connectivity index (χ0v) is 12.0. The van der Waals surface area contributed by atoms with Gasteiger partial charge < -0.3 is 21.3 Å². The normalized spacial score (nSPS) is 22.1. The van der Waals surface area contributed by atoms with Crippen LogP contribution in [0.5, 0.6) is 0 Å². The third kappa shape index (κ3) is 4.92. The van der Waals surface area contributed by atoms with Gasteiger partial charge in [0.05, 0.1) is 5.54 Å². The Hall–Kier alpha value is -0.650. The molecule has 0 saturated carbocycles. The van der Waals surface area contributed by atoms with E-state index in [0.29, 0.717) is 6.42 Å². The number of rotatable bonds is 6. The number of primary amides is 1. The minimum atomic E-state index is -0.875. The summed E-state index contributed by atoms with van der Waals surface area (Å²) in [5, 5.41) is 0. The largest absolute Gasteiger partial charge is 0.368 e. The van der Waals surface area contributed by atoms with Crippen LogP contribution in [0.2, 0.25) is 0 Å². The number of nitrogens with two attached hydrogens (primary N) is 2. The number of likely N-dealkylation sites (tertiary alicyclic amines) is 1.